The Labute approximate surface area is 164 Å². The van der Waals surface area contributed by atoms with Crippen LogP contribution in [0.3, 0.4) is 0 Å². The maximum Gasteiger partial charge on any atom is 0.416 e. The molecule has 0 N–H and O–H groups in total. The van der Waals surface area contributed by atoms with Crippen LogP contribution in [0.4, 0.5) is 13.2 Å². The number of sulfonamides is 1. The zero-order valence-corrected chi connectivity index (χ0v) is 15.8. The van der Waals surface area contributed by atoms with E-state index >= 15 is 0 Å². The average molecular weight is 431 g/mol. The van der Waals surface area contributed by atoms with E-state index in [9.17, 15) is 21.6 Å². The molecule has 28 heavy (non-hydrogen) atoms. The van der Waals surface area contributed by atoms with E-state index in [1.54, 1.807) is 24.3 Å². The van der Waals surface area contributed by atoms with Gasteiger partial charge in [0.05, 0.1) is 23.4 Å². The van der Waals surface area contributed by atoms with Gasteiger partial charge < -0.3 is 4.42 Å². The fraction of sp³-hybridized carbons (Fsp3) is 0.167. The van der Waals surface area contributed by atoms with Gasteiger partial charge in [-0.1, -0.05) is 17.7 Å². The molecule has 0 spiro atoms. The van der Waals surface area contributed by atoms with Crippen LogP contribution in [0.1, 0.15) is 16.9 Å². The fourth-order valence-electron chi connectivity index (χ4n) is 2.51. The highest BCUT2D eigenvalue weighted by Crippen LogP contribution is 2.35. The zero-order valence-electron chi connectivity index (χ0n) is 14.2. The Morgan fingerprint density at radius 2 is 1.89 bits per heavy atom. The van der Waals surface area contributed by atoms with Crippen LogP contribution in [0, 0.1) is 0 Å². The maximum absolute atomic E-state index is 13.2. The monoisotopic (exact) mass is 430 g/mol. The third-order valence-electron chi connectivity index (χ3n) is 3.87. The van der Waals surface area contributed by atoms with Crippen LogP contribution in [-0.4, -0.2) is 17.7 Å². The minimum absolute atomic E-state index is 0.122. The zero-order chi connectivity index (χ0) is 20.4. The summed E-state index contributed by atoms with van der Waals surface area (Å²) in [4.78, 5) is 3.31. The van der Waals surface area contributed by atoms with Crippen molar-refractivity contribution in [2.24, 2.45) is 0 Å². The van der Waals surface area contributed by atoms with E-state index in [0.717, 1.165) is 16.4 Å². The molecule has 0 radical (unpaired) electrons. The molecule has 0 aliphatic rings. The number of halogens is 4. The quantitative estimate of drug-likeness (QED) is 0.566. The smallest absolute Gasteiger partial charge is 0.416 e. The Hall–Kier alpha value is -2.36. The van der Waals surface area contributed by atoms with Crippen LogP contribution in [0.25, 0.3) is 0 Å². The number of nitrogens with zero attached hydrogens (tertiary/aromatic N) is 2. The third-order valence-corrected chi connectivity index (χ3v) is 6.14. The molecule has 0 aliphatic heterocycles. The molecule has 0 aliphatic carbocycles. The molecule has 2 aromatic heterocycles. The summed E-state index contributed by atoms with van der Waals surface area (Å²) in [6.45, 7) is -0.305. The molecule has 0 saturated carbocycles. The number of alkyl halides is 3. The molecule has 10 heteroatoms. The van der Waals surface area contributed by atoms with Gasteiger partial charge in [-0.3, -0.25) is 4.98 Å². The average Bonchev–Trinajstić information content (AvgIpc) is 3.14. The Morgan fingerprint density at radius 3 is 2.50 bits per heavy atom. The predicted molar refractivity (Wildman–Crippen MR) is 95.8 cm³/mol. The van der Waals surface area contributed by atoms with Gasteiger partial charge >= 0.3 is 6.18 Å². The van der Waals surface area contributed by atoms with Gasteiger partial charge in [0.25, 0.3) is 0 Å². The topological polar surface area (TPSA) is 63.4 Å². The number of hydrogen-bond acceptors (Lipinski definition) is 4. The molecule has 0 unspecified atom stereocenters. The molecule has 2 heterocycles. The normalized spacial score (nSPS) is 12.5. The van der Waals surface area contributed by atoms with E-state index < -0.39 is 26.7 Å². The SMILES string of the molecule is O=S(=O)(c1cc(C(F)(F)F)ccc1Cl)N(Cc1cccnc1)Cc1ccco1. The van der Waals surface area contributed by atoms with Crippen molar-refractivity contribution >= 4 is 21.6 Å². The van der Waals surface area contributed by atoms with Gasteiger partial charge in [0.1, 0.15) is 10.7 Å². The van der Waals surface area contributed by atoms with Crippen molar-refractivity contribution in [3.8, 4) is 0 Å². The third kappa shape index (κ3) is 4.54. The first-order valence-electron chi connectivity index (χ1n) is 7.96. The summed E-state index contributed by atoms with van der Waals surface area (Å²) in [5.74, 6) is 0.329. The molecule has 0 saturated heterocycles. The molecule has 5 nitrogen and oxygen atoms in total. The fourth-order valence-corrected chi connectivity index (χ4v) is 4.41. The van der Waals surface area contributed by atoms with Crippen molar-refractivity contribution < 1.29 is 26.0 Å². The summed E-state index contributed by atoms with van der Waals surface area (Å²) in [6, 6.07) is 8.64. The lowest BCUT2D eigenvalue weighted by Gasteiger charge is -2.22. The molecular formula is C18H14ClF3N2O3S. The van der Waals surface area contributed by atoms with Crippen LogP contribution < -0.4 is 0 Å². The minimum atomic E-state index is -4.70. The Balaban J connectivity index is 2.05. The molecule has 0 amide bonds. The standard InChI is InChI=1S/C18H14ClF3N2O3S/c19-16-6-5-14(18(20,21)22)9-17(16)28(25,26)24(12-15-4-2-8-27-15)11-13-3-1-7-23-10-13/h1-10H,11-12H2. The first kappa shape index (κ1) is 20.4. The summed E-state index contributed by atoms with van der Waals surface area (Å²) in [5, 5.41) is -0.302. The maximum atomic E-state index is 13.2. The van der Waals surface area contributed by atoms with E-state index in [-0.39, 0.29) is 18.1 Å². The van der Waals surface area contributed by atoms with Gasteiger partial charge in [-0.15, -0.1) is 0 Å². The van der Waals surface area contributed by atoms with E-state index in [4.69, 9.17) is 16.0 Å². The predicted octanol–water partition coefficient (Wildman–Crippen LogP) is 4.74. The number of hydrogen-bond donors (Lipinski definition) is 0. The van der Waals surface area contributed by atoms with Gasteiger partial charge in [0, 0.05) is 18.9 Å². The number of aromatic nitrogens is 1. The summed E-state index contributed by atoms with van der Waals surface area (Å²) in [6.07, 6.45) is -0.331. The van der Waals surface area contributed by atoms with Crippen LogP contribution in [0.2, 0.25) is 5.02 Å². The number of rotatable bonds is 6. The first-order chi connectivity index (χ1) is 13.2. The second-order valence-electron chi connectivity index (χ2n) is 5.86. The second kappa shape index (κ2) is 7.94. The van der Waals surface area contributed by atoms with Crippen LogP contribution in [-0.2, 0) is 29.3 Å². The van der Waals surface area contributed by atoms with Crippen molar-refractivity contribution in [3.63, 3.8) is 0 Å². The Kier molecular flexibility index (Phi) is 5.78. The lowest BCUT2D eigenvalue weighted by atomic mass is 10.2. The molecule has 0 atom stereocenters. The van der Waals surface area contributed by atoms with Gasteiger partial charge in [-0.05, 0) is 42.0 Å². The number of pyridine rings is 1. The van der Waals surface area contributed by atoms with Crippen molar-refractivity contribution in [2.75, 3.05) is 0 Å². The van der Waals surface area contributed by atoms with E-state index in [1.165, 1.54) is 18.7 Å². The summed E-state index contributed by atoms with van der Waals surface area (Å²) in [5.41, 5.74) is -0.546. The van der Waals surface area contributed by atoms with Crippen molar-refractivity contribution in [1.82, 2.24) is 9.29 Å². The van der Waals surface area contributed by atoms with Crippen LogP contribution in [0.5, 0.6) is 0 Å². The van der Waals surface area contributed by atoms with Crippen LogP contribution in [0.15, 0.2) is 70.4 Å². The van der Waals surface area contributed by atoms with Crippen LogP contribution >= 0.6 is 11.6 Å². The van der Waals surface area contributed by atoms with E-state index in [1.807, 2.05) is 0 Å². The lowest BCUT2D eigenvalue weighted by Crippen LogP contribution is -2.30. The summed E-state index contributed by atoms with van der Waals surface area (Å²) < 4.78 is 71.7. The van der Waals surface area contributed by atoms with Gasteiger partial charge in [-0.2, -0.15) is 17.5 Å². The largest absolute Gasteiger partial charge is 0.468 e. The van der Waals surface area contributed by atoms with Gasteiger partial charge in [-0.25, -0.2) is 8.42 Å². The lowest BCUT2D eigenvalue weighted by molar-refractivity contribution is -0.137. The minimum Gasteiger partial charge on any atom is -0.468 e. The molecule has 1 aromatic carbocycles. The number of furan rings is 1. The van der Waals surface area contributed by atoms with Crippen molar-refractivity contribution in [1.29, 1.82) is 0 Å². The van der Waals surface area contributed by atoms with E-state index in [2.05, 4.69) is 4.98 Å². The molecule has 3 aromatic rings. The van der Waals surface area contributed by atoms with Crippen molar-refractivity contribution in [2.45, 2.75) is 24.2 Å². The Bertz CT molecular complexity index is 1040. The van der Waals surface area contributed by atoms with Gasteiger partial charge in [0.2, 0.25) is 10.0 Å². The first-order valence-corrected chi connectivity index (χ1v) is 9.78. The molecular weight excluding hydrogens is 417 g/mol. The molecule has 3 rings (SSSR count). The summed E-state index contributed by atoms with van der Waals surface area (Å²) >= 11 is 5.95. The molecule has 0 fully saturated rings. The second-order valence-corrected chi connectivity index (χ2v) is 8.17. The number of benzene rings is 1. The molecule has 0 bridgehead atoms. The van der Waals surface area contributed by atoms with Gasteiger partial charge in [0.15, 0.2) is 0 Å². The highest BCUT2D eigenvalue weighted by atomic mass is 35.5. The van der Waals surface area contributed by atoms with Crippen molar-refractivity contribution in [3.05, 3.63) is 83.0 Å². The summed E-state index contributed by atoms with van der Waals surface area (Å²) in [7, 11) is -4.38. The highest BCUT2D eigenvalue weighted by Gasteiger charge is 2.34. The highest BCUT2D eigenvalue weighted by molar-refractivity contribution is 7.89. The van der Waals surface area contributed by atoms with E-state index in [0.29, 0.717) is 17.4 Å². The molecule has 148 valence electrons. The Morgan fingerprint density at radius 1 is 1.11 bits per heavy atom.